The molecule has 1 heterocycles. The molecule has 1 fully saturated rings. The molecule has 1 aliphatic heterocycles. The van der Waals surface area contributed by atoms with Crippen molar-refractivity contribution >= 4 is 17.5 Å². The number of likely N-dealkylation sites (tertiary alicyclic amines) is 1. The molecule has 6 heteroatoms. The van der Waals surface area contributed by atoms with E-state index in [9.17, 15) is 14.9 Å². The summed E-state index contributed by atoms with van der Waals surface area (Å²) in [5.74, 6) is 0.691. The smallest absolute Gasteiger partial charge is 0.255 e. The molecule has 0 aromatic heterocycles. The fourth-order valence-electron chi connectivity index (χ4n) is 3.75. The number of hydrogen-bond acceptors (Lipinski definition) is 4. The summed E-state index contributed by atoms with van der Waals surface area (Å²) in [5.41, 5.74) is 2.28. The van der Waals surface area contributed by atoms with Crippen LogP contribution in [0, 0.1) is 18.3 Å². The van der Waals surface area contributed by atoms with Crippen LogP contribution in [0.5, 0.6) is 5.75 Å². The fraction of sp³-hybridized carbons (Fsp3) is 0.423. The molecule has 3 rings (SSSR count). The summed E-state index contributed by atoms with van der Waals surface area (Å²) < 4.78 is 6.23. The number of rotatable bonds is 6. The van der Waals surface area contributed by atoms with Crippen LogP contribution in [0.15, 0.2) is 42.5 Å². The van der Waals surface area contributed by atoms with E-state index in [1.807, 2.05) is 56.9 Å². The molecule has 2 aromatic rings. The van der Waals surface area contributed by atoms with Crippen LogP contribution in [-0.4, -0.2) is 35.9 Å². The highest BCUT2D eigenvalue weighted by atomic mass is 16.5. The molecule has 6 nitrogen and oxygen atoms in total. The first-order valence-electron chi connectivity index (χ1n) is 11.1. The van der Waals surface area contributed by atoms with Crippen molar-refractivity contribution in [2.45, 2.75) is 58.5 Å². The minimum absolute atomic E-state index is 0.0467. The van der Waals surface area contributed by atoms with Crippen molar-refractivity contribution in [3.63, 3.8) is 0 Å². The molecular weight excluding hydrogens is 402 g/mol. The third kappa shape index (κ3) is 5.47. The number of amides is 2. The number of carbonyl (C=O) groups is 2. The molecule has 0 radical (unpaired) electrons. The van der Waals surface area contributed by atoms with Gasteiger partial charge in [0.25, 0.3) is 5.91 Å². The van der Waals surface area contributed by atoms with Crippen LogP contribution in [0.4, 0.5) is 5.69 Å². The molecule has 0 aliphatic carbocycles. The van der Waals surface area contributed by atoms with E-state index in [-0.39, 0.29) is 17.9 Å². The average Bonchev–Trinajstić information content (AvgIpc) is 2.81. The van der Waals surface area contributed by atoms with Crippen molar-refractivity contribution in [1.82, 2.24) is 4.90 Å². The predicted molar refractivity (Wildman–Crippen MR) is 125 cm³/mol. The number of ether oxygens (including phenoxy) is 1. The van der Waals surface area contributed by atoms with Crippen LogP contribution < -0.4 is 10.1 Å². The first-order valence-corrected chi connectivity index (χ1v) is 11.1. The van der Waals surface area contributed by atoms with Crippen molar-refractivity contribution in [2.24, 2.45) is 0 Å². The molecule has 168 valence electrons. The fourth-order valence-corrected chi connectivity index (χ4v) is 3.75. The number of nitriles is 1. The van der Waals surface area contributed by atoms with Crippen LogP contribution in [0.25, 0.3) is 0 Å². The minimum atomic E-state index is -0.668. The van der Waals surface area contributed by atoms with Gasteiger partial charge in [-0.25, -0.2) is 0 Å². The van der Waals surface area contributed by atoms with Gasteiger partial charge in [-0.1, -0.05) is 25.1 Å². The largest absolute Gasteiger partial charge is 0.490 e. The average molecular weight is 434 g/mol. The van der Waals surface area contributed by atoms with Crippen molar-refractivity contribution in [1.29, 1.82) is 5.26 Å². The first kappa shape index (κ1) is 23.3. The quantitative estimate of drug-likeness (QED) is 0.707. The maximum absolute atomic E-state index is 12.8. The number of piperidine rings is 1. The van der Waals surface area contributed by atoms with E-state index in [0.29, 0.717) is 30.8 Å². The van der Waals surface area contributed by atoms with Crippen LogP contribution in [0.3, 0.4) is 0 Å². The monoisotopic (exact) mass is 433 g/mol. The Morgan fingerprint density at radius 2 is 1.91 bits per heavy atom. The van der Waals surface area contributed by atoms with E-state index in [1.54, 1.807) is 18.2 Å². The summed E-state index contributed by atoms with van der Waals surface area (Å²) in [7, 11) is 0. The number of aryl methyl sites for hydroxylation is 1. The highest BCUT2D eigenvalue weighted by Crippen LogP contribution is 2.27. The Kier molecular flexibility index (Phi) is 7.19. The lowest BCUT2D eigenvalue weighted by Crippen LogP contribution is -2.41. The molecule has 0 saturated carbocycles. The number of anilines is 1. The van der Waals surface area contributed by atoms with E-state index in [4.69, 9.17) is 4.74 Å². The van der Waals surface area contributed by atoms with Crippen molar-refractivity contribution in [3.8, 4) is 11.8 Å². The maximum atomic E-state index is 12.8. The lowest BCUT2D eigenvalue weighted by atomic mass is 9.85. The molecule has 0 unspecified atom stereocenters. The second kappa shape index (κ2) is 9.86. The van der Waals surface area contributed by atoms with Gasteiger partial charge in [0.05, 0.1) is 11.5 Å². The van der Waals surface area contributed by atoms with Gasteiger partial charge in [-0.05, 0) is 50.1 Å². The van der Waals surface area contributed by atoms with Crippen molar-refractivity contribution in [2.75, 3.05) is 18.4 Å². The predicted octanol–water partition coefficient (Wildman–Crippen LogP) is 4.83. The molecular formula is C26H31N3O3. The van der Waals surface area contributed by atoms with E-state index in [0.717, 1.165) is 29.7 Å². The van der Waals surface area contributed by atoms with Crippen LogP contribution >= 0.6 is 0 Å². The highest BCUT2D eigenvalue weighted by Gasteiger charge is 2.24. The molecule has 2 amide bonds. The maximum Gasteiger partial charge on any atom is 0.255 e. The van der Waals surface area contributed by atoms with Crippen molar-refractivity contribution < 1.29 is 14.3 Å². The third-order valence-electron chi connectivity index (χ3n) is 5.96. The second-order valence-corrected chi connectivity index (χ2v) is 8.80. The standard InChI is InChI=1S/C26H31N3O3/c1-5-24(30)29-13-11-22(12-14-29)32-23-16-21(10-9-18(23)2)28-25(31)19-7-6-8-20(15-19)26(3,4)17-27/h6-10,15-16,22H,5,11-14H2,1-4H3,(H,28,31). The van der Waals surface area contributed by atoms with Gasteiger partial charge in [-0.2, -0.15) is 5.26 Å². The Balaban J connectivity index is 1.68. The normalized spacial score (nSPS) is 14.5. The zero-order valence-electron chi connectivity index (χ0n) is 19.3. The lowest BCUT2D eigenvalue weighted by Gasteiger charge is -2.32. The van der Waals surface area contributed by atoms with Gasteiger partial charge >= 0.3 is 0 Å². The highest BCUT2D eigenvalue weighted by molar-refractivity contribution is 6.04. The number of benzene rings is 2. The number of nitrogens with one attached hydrogen (secondary N) is 1. The molecule has 2 aromatic carbocycles. The van der Waals surface area contributed by atoms with E-state index >= 15 is 0 Å². The molecule has 0 bridgehead atoms. The summed E-state index contributed by atoms with van der Waals surface area (Å²) in [6, 6.07) is 15.0. The van der Waals surface area contributed by atoms with Crippen LogP contribution in [0.2, 0.25) is 0 Å². The topological polar surface area (TPSA) is 82.4 Å². The number of nitrogens with zero attached hydrogens (tertiary/aromatic N) is 2. The van der Waals surface area contributed by atoms with Crippen LogP contribution in [-0.2, 0) is 10.2 Å². The summed E-state index contributed by atoms with van der Waals surface area (Å²) in [4.78, 5) is 26.6. The SMILES string of the molecule is CCC(=O)N1CCC(Oc2cc(NC(=O)c3cccc(C(C)(C)C#N)c3)ccc2C)CC1. The zero-order valence-corrected chi connectivity index (χ0v) is 19.3. The molecule has 32 heavy (non-hydrogen) atoms. The molecule has 1 saturated heterocycles. The van der Waals surface area contributed by atoms with Gasteiger partial charge in [0.2, 0.25) is 5.91 Å². The summed E-state index contributed by atoms with van der Waals surface area (Å²) in [5, 5.41) is 12.3. The Hall–Kier alpha value is -3.33. The van der Waals surface area contributed by atoms with Gasteiger partial charge in [0, 0.05) is 49.7 Å². The molecule has 0 atom stereocenters. The minimum Gasteiger partial charge on any atom is -0.490 e. The Morgan fingerprint density at radius 3 is 2.56 bits per heavy atom. The summed E-state index contributed by atoms with van der Waals surface area (Å²) >= 11 is 0. The van der Waals surface area contributed by atoms with Gasteiger partial charge in [-0.15, -0.1) is 0 Å². The Bertz CT molecular complexity index is 1030. The molecule has 1 aliphatic rings. The molecule has 0 spiro atoms. The second-order valence-electron chi connectivity index (χ2n) is 8.80. The van der Waals surface area contributed by atoms with Gasteiger partial charge in [0.15, 0.2) is 0 Å². The van der Waals surface area contributed by atoms with E-state index < -0.39 is 5.41 Å². The van der Waals surface area contributed by atoms with E-state index in [1.165, 1.54) is 0 Å². The van der Waals surface area contributed by atoms with Gasteiger partial charge in [-0.3, -0.25) is 9.59 Å². The zero-order chi connectivity index (χ0) is 23.3. The first-order chi connectivity index (χ1) is 15.2. The van der Waals surface area contributed by atoms with Crippen LogP contribution in [0.1, 0.15) is 61.5 Å². The Labute approximate surface area is 190 Å². The van der Waals surface area contributed by atoms with Gasteiger partial charge < -0.3 is 15.0 Å². The Morgan fingerprint density at radius 1 is 1.19 bits per heavy atom. The lowest BCUT2D eigenvalue weighted by molar-refractivity contribution is -0.132. The number of hydrogen-bond donors (Lipinski definition) is 1. The van der Waals surface area contributed by atoms with Gasteiger partial charge in [0.1, 0.15) is 11.9 Å². The third-order valence-corrected chi connectivity index (χ3v) is 5.96. The van der Waals surface area contributed by atoms with Crippen molar-refractivity contribution in [3.05, 3.63) is 59.2 Å². The number of carbonyl (C=O) groups excluding carboxylic acids is 2. The summed E-state index contributed by atoms with van der Waals surface area (Å²) in [6.45, 7) is 8.94. The molecule has 1 N–H and O–H groups in total. The van der Waals surface area contributed by atoms with E-state index in [2.05, 4.69) is 11.4 Å². The summed E-state index contributed by atoms with van der Waals surface area (Å²) in [6.07, 6.45) is 2.17.